The number of rotatable bonds is 4. The lowest BCUT2D eigenvalue weighted by Gasteiger charge is -2.21. The molecule has 1 aromatic carbocycles. The van der Waals surface area contributed by atoms with Crippen molar-refractivity contribution in [3.8, 4) is 0 Å². The van der Waals surface area contributed by atoms with Crippen LogP contribution in [0.2, 0.25) is 5.15 Å². The summed E-state index contributed by atoms with van der Waals surface area (Å²) in [6.07, 6.45) is 2.84. The molecule has 1 fully saturated rings. The number of aromatic nitrogens is 1. The first-order chi connectivity index (χ1) is 12.2. The Morgan fingerprint density at radius 1 is 1.36 bits per heavy atom. The summed E-state index contributed by atoms with van der Waals surface area (Å²) < 4.78 is 1.13. The second kappa shape index (κ2) is 8.54. The third kappa shape index (κ3) is 4.86. The van der Waals surface area contributed by atoms with Gasteiger partial charge < -0.3 is 15.5 Å². The summed E-state index contributed by atoms with van der Waals surface area (Å²) in [6, 6.07) is 12.4. The minimum atomic E-state index is 0.363. The highest BCUT2D eigenvalue weighted by molar-refractivity contribution is 9.10. The summed E-state index contributed by atoms with van der Waals surface area (Å²) in [5.41, 5.74) is 2.30. The van der Waals surface area contributed by atoms with Gasteiger partial charge in [0, 0.05) is 43.4 Å². The van der Waals surface area contributed by atoms with Crippen molar-refractivity contribution in [2.24, 2.45) is 4.99 Å². The Morgan fingerprint density at radius 2 is 2.20 bits per heavy atom. The molecular formula is C18H21BrClN5. The highest BCUT2D eigenvalue weighted by Gasteiger charge is 2.24. The zero-order valence-corrected chi connectivity index (χ0v) is 16.4. The highest BCUT2D eigenvalue weighted by Crippen LogP contribution is 2.28. The number of nitrogens with zero attached hydrogens (tertiary/aromatic N) is 3. The number of halogens is 2. The van der Waals surface area contributed by atoms with Crippen molar-refractivity contribution >= 4 is 39.2 Å². The van der Waals surface area contributed by atoms with E-state index in [4.69, 9.17) is 11.6 Å². The van der Waals surface area contributed by atoms with Crippen molar-refractivity contribution in [2.75, 3.05) is 25.0 Å². The zero-order valence-electron chi connectivity index (χ0n) is 14.0. The van der Waals surface area contributed by atoms with Crippen LogP contribution in [-0.2, 0) is 6.54 Å². The standard InChI is InChI=1S/C18H21BrClN5/c1-21-18(23-11-13-6-7-17(20)22-10-13)24-14-8-9-25(12-14)16-5-3-2-4-15(16)19/h2-7,10,14H,8-9,11-12H2,1H3,(H2,21,23,24). The smallest absolute Gasteiger partial charge is 0.191 e. The molecule has 0 aliphatic carbocycles. The van der Waals surface area contributed by atoms with Crippen LogP contribution < -0.4 is 15.5 Å². The zero-order chi connectivity index (χ0) is 17.6. The van der Waals surface area contributed by atoms with Crippen LogP contribution in [0, 0.1) is 0 Å². The third-order valence-electron chi connectivity index (χ3n) is 4.19. The Bertz CT molecular complexity index is 735. The quantitative estimate of drug-likeness (QED) is 0.450. The lowest BCUT2D eigenvalue weighted by Crippen LogP contribution is -2.44. The van der Waals surface area contributed by atoms with E-state index in [1.54, 1.807) is 19.3 Å². The van der Waals surface area contributed by atoms with Crippen molar-refractivity contribution in [3.63, 3.8) is 0 Å². The molecular weight excluding hydrogens is 402 g/mol. The summed E-state index contributed by atoms with van der Waals surface area (Å²) in [5.74, 6) is 0.800. The normalized spacial score (nSPS) is 17.6. The van der Waals surface area contributed by atoms with E-state index in [-0.39, 0.29) is 0 Å². The molecule has 3 rings (SSSR count). The number of guanidine groups is 1. The number of anilines is 1. The van der Waals surface area contributed by atoms with Gasteiger partial charge in [0.1, 0.15) is 5.15 Å². The van der Waals surface area contributed by atoms with Crippen LogP contribution in [0.4, 0.5) is 5.69 Å². The van der Waals surface area contributed by atoms with E-state index in [2.05, 4.69) is 59.6 Å². The summed E-state index contributed by atoms with van der Waals surface area (Å²) in [5, 5.41) is 7.33. The van der Waals surface area contributed by atoms with E-state index >= 15 is 0 Å². The first-order valence-corrected chi connectivity index (χ1v) is 9.40. The molecule has 132 valence electrons. The highest BCUT2D eigenvalue weighted by atomic mass is 79.9. The molecule has 2 heterocycles. The molecule has 0 amide bonds. The van der Waals surface area contributed by atoms with Gasteiger partial charge in [-0.15, -0.1) is 0 Å². The Balaban J connectivity index is 1.53. The molecule has 7 heteroatoms. The summed E-state index contributed by atoms with van der Waals surface area (Å²) in [7, 11) is 1.79. The average Bonchev–Trinajstić information content (AvgIpc) is 3.08. The van der Waals surface area contributed by atoms with Crippen LogP contribution in [0.15, 0.2) is 52.1 Å². The predicted octanol–water partition coefficient (Wildman–Crippen LogP) is 3.44. The van der Waals surface area contributed by atoms with Crippen LogP contribution in [0.3, 0.4) is 0 Å². The molecule has 5 nitrogen and oxygen atoms in total. The van der Waals surface area contributed by atoms with E-state index in [0.717, 1.165) is 35.5 Å². The number of hydrogen-bond acceptors (Lipinski definition) is 3. The lowest BCUT2D eigenvalue weighted by molar-refractivity contribution is 0.648. The van der Waals surface area contributed by atoms with Gasteiger partial charge in [0.2, 0.25) is 0 Å². The Kier molecular flexibility index (Phi) is 6.15. The maximum atomic E-state index is 5.81. The number of hydrogen-bond donors (Lipinski definition) is 2. The maximum absolute atomic E-state index is 5.81. The first-order valence-electron chi connectivity index (χ1n) is 8.23. The Morgan fingerprint density at radius 3 is 2.92 bits per heavy atom. The SMILES string of the molecule is CN=C(NCc1ccc(Cl)nc1)NC1CCN(c2ccccc2Br)C1. The maximum Gasteiger partial charge on any atom is 0.191 e. The van der Waals surface area contributed by atoms with Crippen LogP contribution in [-0.4, -0.2) is 37.1 Å². The number of nitrogens with one attached hydrogen (secondary N) is 2. The van der Waals surface area contributed by atoms with Gasteiger partial charge in [0.15, 0.2) is 5.96 Å². The first kappa shape index (κ1) is 18.0. The van der Waals surface area contributed by atoms with Crippen molar-refractivity contribution in [3.05, 3.63) is 57.8 Å². The van der Waals surface area contributed by atoms with Gasteiger partial charge in [-0.2, -0.15) is 0 Å². The van der Waals surface area contributed by atoms with Gasteiger partial charge in [-0.25, -0.2) is 4.98 Å². The van der Waals surface area contributed by atoms with Gasteiger partial charge >= 0.3 is 0 Å². The number of para-hydroxylation sites is 1. The van der Waals surface area contributed by atoms with Crippen molar-refractivity contribution in [2.45, 2.75) is 19.0 Å². The minimum absolute atomic E-state index is 0.363. The van der Waals surface area contributed by atoms with E-state index in [1.807, 2.05) is 12.1 Å². The molecule has 2 N–H and O–H groups in total. The number of benzene rings is 1. The number of aliphatic imine (C=N–C) groups is 1. The molecule has 0 saturated carbocycles. The minimum Gasteiger partial charge on any atom is -0.368 e. The molecule has 1 unspecified atom stereocenters. The number of pyridine rings is 1. The second-order valence-electron chi connectivity index (χ2n) is 5.94. The fourth-order valence-corrected chi connectivity index (χ4v) is 3.54. The van der Waals surface area contributed by atoms with Gasteiger partial charge in [-0.05, 0) is 46.1 Å². The molecule has 25 heavy (non-hydrogen) atoms. The molecule has 1 atom stereocenters. The summed E-state index contributed by atoms with van der Waals surface area (Å²) >= 11 is 9.45. The Labute approximate surface area is 161 Å². The van der Waals surface area contributed by atoms with Crippen LogP contribution in [0.5, 0.6) is 0 Å². The molecule has 2 aromatic rings. The Hall–Kier alpha value is -1.79. The van der Waals surface area contributed by atoms with Gasteiger partial charge in [-0.3, -0.25) is 4.99 Å². The van der Waals surface area contributed by atoms with Crippen LogP contribution in [0.25, 0.3) is 0 Å². The van der Waals surface area contributed by atoms with Crippen LogP contribution >= 0.6 is 27.5 Å². The van der Waals surface area contributed by atoms with Crippen LogP contribution in [0.1, 0.15) is 12.0 Å². The molecule has 0 spiro atoms. The van der Waals surface area contributed by atoms with E-state index < -0.39 is 0 Å². The third-order valence-corrected chi connectivity index (χ3v) is 5.09. The van der Waals surface area contributed by atoms with Gasteiger partial charge in [0.05, 0.1) is 5.69 Å². The molecule has 1 saturated heterocycles. The largest absolute Gasteiger partial charge is 0.368 e. The van der Waals surface area contributed by atoms with Crippen molar-refractivity contribution in [1.29, 1.82) is 0 Å². The molecule has 0 radical (unpaired) electrons. The summed E-state index contributed by atoms with van der Waals surface area (Å²) in [4.78, 5) is 10.8. The predicted molar refractivity (Wildman–Crippen MR) is 107 cm³/mol. The monoisotopic (exact) mass is 421 g/mol. The van der Waals surface area contributed by atoms with E-state index in [1.165, 1.54) is 5.69 Å². The molecule has 1 aromatic heterocycles. The van der Waals surface area contributed by atoms with E-state index in [0.29, 0.717) is 17.7 Å². The van der Waals surface area contributed by atoms with Crippen molar-refractivity contribution in [1.82, 2.24) is 15.6 Å². The fourth-order valence-electron chi connectivity index (χ4n) is 2.89. The average molecular weight is 423 g/mol. The van der Waals surface area contributed by atoms with Gasteiger partial charge in [-0.1, -0.05) is 29.8 Å². The lowest BCUT2D eigenvalue weighted by atomic mass is 10.2. The molecule has 1 aliphatic rings. The molecule has 1 aliphatic heterocycles. The van der Waals surface area contributed by atoms with E-state index in [9.17, 15) is 0 Å². The summed E-state index contributed by atoms with van der Waals surface area (Å²) in [6.45, 7) is 2.63. The second-order valence-corrected chi connectivity index (χ2v) is 7.18. The van der Waals surface area contributed by atoms with Crippen molar-refractivity contribution < 1.29 is 0 Å². The topological polar surface area (TPSA) is 52.6 Å². The fraction of sp³-hybridized carbons (Fsp3) is 0.333. The molecule has 0 bridgehead atoms. The van der Waals surface area contributed by atoms with Gasteiger partial charge in [0.25, 0.3) is 0 Å².